The summed E-state index contributed by atoms with van der Waals surface area (Å²) in [5.41, 5.74) is 1.83. The van der Waals surface area contributed by atoms with Gasteiger partial charge in [-0.05, 0) is 24.8 Å². The first-order valence-corrected chi connectivity index (χ1v) is 5.27. The van der Waals surface area contributed by atoms with Crippen molar-refractivity contribution >= 4 is 34.0 Å². The molecular weight excluding hydrogens is 195 g/mol. The summed E-state index contributed by atoms with van der Waals surface area (Å²) in [6, 6.07) is 5.90. The van der Waals surface area contributed by atoms with Crippen molar-refractivity contribution in [3.05, 3.63) is 28.6 Å². The lowest BCUT2D eigenvalue weighted by Gasteiger charge is -1.99. The summed E-state index contributed by atoms with van der Waals surface area (Å²) in [4.78, 5) is 0.976. The number of hydrogen-bond acceptors (Lipinski definition) is 3. The Balaban J connectivity index is 2.83. The fraction of sp³-hybridized carbons (Fsp3) is 0.200. The average Bonchev–Trinajstić information content (AvgIpc) is 2.42. The van der Waals surface area contributed by atoms with E-state index in [-0.39, 0.29) is 0 Å². The van der Waals surface area contributed by atoms with Crippen LogP contribution in [-0.4, -0.2) is 17.2 Å². The van der Waals surface area contributed by atoms with Gasteiger partial charge >= 0.3 is 7.12 Å². The van der Waals surface area contributed by atoms with E-state index in [0.29, 0.717) is 5.46 Å². The van der Waals surface area contributed by atoms with Gasteiger partial charge in [0, 0.05) is 15.0 Å². The molecule has 0 spiro atoms. The quantitative estimate of drug-likeness (QED) is 0.688. The maximum Gasteiger partial charge on any atom is 0.490 e. The molecule has 2 rings (SSSR count). The molecule has 0 atom stereocenters. The molecule has 0 unspecified atom stereocenters. The van der Waals surface area contributed by atoms with Crippen molar-refractivity contribution in [3.8, 4) is 0 Å². The van der Waals surface area contributed by atoms with Crippen LogP contribution in [0.2, 0.25) is 0 Å². The fourth-order valence-corrected chi connectivity index (χ4v) is 2.87. The molecule has 0 saturated heterocycles. The lowest BCUT2D eigenvalue weighted by atomic mass is 9.78. The molecule has 1 aromatic carbocycles. The zero-order valence-corrected chi connectivity index (χ0v) is 8.93. The molecule has 0 saturated carbocycles. The van der Waals surface area contributed by atoms with Crippen molar-refractivity contribution in [2.45, 2.75) is 13.8 Å². The summed E-state index contributed by atoms with van der Waals surface area (Å²) in [5, 5.41) is 19.4. The average molecular weight is 206 g/mol. The molecule has 0 amide bonds. The van der Waals surface area contributed by atoms with E-state index < -0.39 is 7.12 Å². The number of aryl methyl sites for hydroxylation is 2. The standard InChI is InChI=1S/C10H11BO2S/c1-6-4-3-5-8-9(11(12)13)7(2)14-10(6)8/h3-5,12-13H,1-2H3. The van der Waals surface area contributed by atoms with Gasteiger partial charge in [-0.3, -0.25) is 0 Å². The van der Waals surface area contributed by atoms with Crippen LogP contribution in [0.3, 0.4) is 0 Å². The Morgan fingerprint density at radius 1 is 1.21 bits per heavy atom. The van der Waals surface area contributed by atoms with Crippen LogP contribution in [0.4, 0.5) is 0 Å². The van der Waals surface area contributed by atoms with Crippen LogP contribution in [0.15, 0.2) is 18.2 Å². The summed E-state index contributed by atoms with van der Waals surface area (Å²) in [6.07, 6.45) is 0. The Morgan fingerprint density at radius 3 is 2.57 bits per heavy atom. The van der Waals surface area contributed by atoms with E-state index in [1.165, 1.54) is 5.56 Å². The molecule has 0 aliphatic heterocycles. The molecule has 2 nitrogen and oxygen atoms in total. The van der Waals surface area contributed by atoms with E-state index in [0.717, 1.165) is 15.0 Å². The predicted octanol–water partition coefficient (Wildman–Crippen LogP) is 1.20. The summed E-state index contributed by atoms with van der Waals surface area (Å²) >= 11 is 1.61. The van der Waals surface area contributed by atoms with E-state index >= 15 is 0 Å². The molecule has 0 fully saturated rings. The van der Waals surface area contributed by atoms with Gasteiger partial charge in [-0.2, -0.15) is 0 Å². The zero-order chi connectivity index (χ0) is 10.3. The fourth-order valence-electron chi connectivity index (χ4n) is 1.72. The van der Waals surface area contributed by atoms with E-state index in [9.17, 15) is 10.0 Å². The highest BCUT2D eigenvalue weighted by Gasteiger charge is 2.20. The minimum absolute atomic E-state index is 0.647. The van der Waals surface area contributed by atoms with E-state index in [1.807, 2.05) is 32.0 Å². The molecule has 72 valence electrons. The van der Waals surface area contributed by atoms with Crippen LogP contribution in [0.5, 0.6) is 0 Å². The number of hydrogen-bond donors (Lipinski definition) is 2. The van der Waals surface area contributed by atoms with Crippen LogP contribution >= 0.6 is 11.3 Å². The molecule has 2 aromatic rings. The third kappa shape index (κ3) is 1.36. The third-order valence-corrected chi connectivity index (χ3v) is 3.67. The van der Waals surface area contributed by atoms with Crippen LogP contribution in [0.1, 0.15) is 10.4 Å². The van der Waals surface area contributed by atoms with Crippen LogP contribution in [0.25, 0.3) is 10.1 Å². The Bertz CT molecular complexity index is 476. The lowest BCUT2D eigenvalue weighted by Crippen LogP contribution is -2.30. The van der Waals surface area contributed by atoms with E-state index in [1.54, 1.807) is 11.3 Å². The van der Waals surface area contributed by atoms with Crippen molar-refractivity contribution in [3.63, 3.8) is 0 Å². The van der Waals surface area contributed by atoms with Gasteiger partial charge in [0.05, 0.1) is 0 Å². The van der Waals surface area contributed by atoms with Gasteiger partial charge in [-0.25, -0.2) is 0 Å². The molecule has 0 aliphatic rings. The smallest absolute Gasteiger partial charge is 0.423 e. The topological polar surface area (TPSA) is 40.5 Å². The SMILES string of the molecule is Cc1sc2c(C)cccc2c1B(O)O. The van der Waals surface area contributed by atoms with Crippen molar-refractivity contribution < 1.29 is 10.0 Å². The van der Waals surface area contributed by atoms with Gasteiger partial charge in [-0.1, -0.05) is 18.2 Å². The highest BCUT2D eigenvalue weighted by Crippen LogP contribution is 2.26. The van der Waals surface area contributed by atoms with Gasteiger partial charge < -0.3 is 10.0 Å². The molecule has 0 aliphatic carbocycles. The summed E-state index contributed by atoms with van der Waals surface area (Å²) in [5.74, 6) is 0. The minimum Gasteiger partial charge on any atom is -0.423 e. The van der Waals surface area contributed by atoms with Crippen molar-refractivity contribution in [2.75, 3.05) is 0 Å². The van der Waals surface area contributed by atoms with E-state index in [2.05, 4.69) is 0 Å². The van der Waals surface area contributed by atoms with Gasteiger partial charge in [0.1, 0.15) is 0 Å². The maximum absolute atomic E-state index is 9.24. The molecule has 1 aromatic heterocycles. The maximum atomic E-state index is 9.24. The molecular formula is C10H11BO2S. The molecule has 14 heavy (non-hydrogen) atoms. The second kappa shape index (κ2) is 3.39. The molecule has 0 bridgehead atoms. The van der Waals surface area contributed by atoms with Gasteiger partial charge in [0.15, 0.2) is 0 Å². The van der Waals surface area contributed by atoms with E-state index in [4.69, 9.17) is 0 Å². The number of fused-ring (bicyclic) bond motifs is 1. The summed E-state index contributed by atoms with van der Waals surface area (Å²) < 4.78 is 1.15. The first-order chi connectivity index (χ1) is 6.61. The molecule has 0 radical (unpaired) electrons. The number of rotatable bonds is 1. The molecule has 4 heteroatoms. The molecule has 1 heterocycles. The largest absolute Gasteiger partial charge is 0.490 e. The first kappa shape index (κ1) is 9.71. The first-order valence-electron chi connectivity index (χ1n) is 4.46. The van der Waals surface area contributed by atoms with Crippen LogP contribution < -0.4 is 5.46 Å². The Hall–Kier alpha value is -0.835. The highest BCUT2D eigenvalue weighted by molar-refractivity contribution is 7.20. The summed E-state index contributed by atoms with van der Waals surface area (Å²) in [6.45, 7) is 3.95. The van der Waals surface area contributed by atoms with Crippen LogP contribution in [-0.2, 0) is 0 Å². The Morgan fingerprint density at radius 2 is 1.93 bits per heavy atom. The second-order valence-corrected chi connectivity index (χ2v) is 4.62. The normalized spacial score (nSPS) is 10.9. The zero-order valence-electron chi connectivity index (χ0n) is 8.11. The predicted molar refractivity (Wildman–Crippen MR) is 61.1 cm³/mol. The lowest BCUT2D eigenvalue weighted by molar-refractivity contribution is 0.426. The highest BCUT2D eigenvalue weighted by atomic mass is 32.1. The Labute approximate surface area is 87.0 Å². The van der Waals surface area contributed by atoms with Crippen molar-refractivity contribution in [1.29, 1.82) is 0 Å². The number of thiophene rings is 1. The van der Waals surface area contributed by atoms with Gasteiger partial charge in [-0.15, -0.1) is 11.3 Å². The second-order valence-electron chi connectivity index (χ2n) is 3.40. The monoisotopic (exact) mass is 206 g/mol. The van der Waals surface area contributed by atoms with Crippen molar-refractivity contribution in [1.82, 2.24) is 0 Å². The summed E-state index contributed by atoms with van der Waals surface area (Å²) in [7, 11) is -1.37. The minimum atomic E-state index is -1.37. The third-order valence-electron chi connectivity index (χ3n) is 2.39. The van der Waals surface area contributed by atoms with Gasteiger partial charge in [0.2, 0.25) is 0 Å². The van der Waals surface area contributed by atoms with Crippen molar-refractivity contribution in [2.24, 2.45) is 0 Å². The Kier molecular flexibility index (Phi) is 2.35. The number of benzene rings is 1. The van der Waals surface area contributed by atoms with Gasteiger partial charge in [0.25, 0.3) is 0 Å². The molecule has 2 N–H and O–H groups in total. The van der Waals surface area contributed by atoms with Crippen LogP contribution in [0, 0.1) is 13.8 Å².